The van der Waals surface area contributed by atoms with Gasteiger partial charge in [0.1, 0.15) is 11.6 Å². The molecule has 0 aromatic heterocycles. The molecule has 3 unspecified atom stereocenters. The van der Waals surface area contributed by atoms with Crippen LogP contribution in [0.25, 0.3) is 0 Å². The minimum atomic E-state index is -0.670. The van der Waals surface area contributed by atoms with Gasteiger partial charge in [0, 0.05) is 11.8 Å². The van der Waals surface area contributed by atoms with Crippen molar-refractivity contribution in [3.8, 4) is 0 Å². The zero-order valence-electron chi connectivity index (χ0n) is 11.5. The van der Waals surface area contributed by atoms with E-state index in [-0.39, 0.29) is 23.9 Å². The molecule has 102 valence electrons. The summed E-state index contributed by atoms with van der Waals surface area (Å²) in [5.74, 6) is 1.27. The van der Waals surface area contributed by atoms with E-state index in [4.69, 9.17) is 0 Å². The van der Waals surface area contributed by atoms with E-state index in [1.165, 1.54) is 0 Å². The van der Waals surface area contributed by atoms with Crippen molar-refractivity contribution in [1.82, 2.24) is 10.2 Å². The Labute approximate surface area is 113 Å². The van der Waals surface area contributed by atoms with Gasteiger partial charge in [0.25, 0.3) is 0 Å². The monoisotopic (exact) mass is 270 g/mol. The predicted octanol–water partition coefficient (Wildman–Crippen LogP) is 1.25. The Balaban J connectivity index is 2.25. The van der Waals surface area contributed by atoms with Crippen LogP contribution in [0.15, 0.2) is 0 Å². The third kappa shape index (κ3) is 2.13. The van der Waals surface area contributed by atoms with Crippen LogP contribution in [-0.4, -0.2) is 46.3 Å². The average Bonchev–Trinajstić information content (AvgIpc) is 3.11. The highest BCUT2D eigenvalue weighted by atomic mass is 32.2. The summed E-state index contributed by atoms with van der Waals surface area (Å²) in [7, 11) is 0. The number of hydrogen-bond acceptors (Lipinski definition) is 3. The Bertz CT molecular complexity index is 370. The van der Waals surface area contributed by atoms with Gasteiger partial charge in [-0.15, -0.1) is 0 Å². The summed E-state index contributed by atoms with van der Waals surface area (Å²) in [4.78, 5) is 26.6. The van der Waals surface area contributed by atoms with Gasteiger partial charge < -0.3 is 10.2 Å². The van der Waals surface area contributed by atoms with Gasteiger partial charge in [-0.1, -0.05) is 0 Å². The van der Waals surface area contributed by atoms with Crippen LogP contribution in [0.1, 0.15) is 33.6 Å². The molecule has 2 fully saturated rings. The quantitative estimate of drug-likeness (QED) is 0.836. The molecule has 4 nitrogen and oxygen atoms in total. The number of nitrogens with one attached hydrogen (secondary N) is 1. The second kappa shape index (κ2) is 4.76. The fraction of sp³-hybridized carbons (Fsp3) is 0.846. The van der Waals surface area contributed by atoms with Crippen LogP contribution in [0.3, 0.4) is 0 Å². The van der Waals surface area contributed by atoms with Crippen molar-refractivity contribution in [2.45, 2.75) is 51.2 Å². The van der Waals surface area contributed by atoms with E-state index in [0.717, 1.165) is 18.6 Å². The molecule has 2 rings (SSSR count). The van der Waals surface area contributed by atoms with Crippen LogP contribution in [-0.2, 0) is 9.59 Å². The largest absolute Gasteiger partial charge is 0.340 e. The molecule has 1 aliphatic heterocycles. The van der Waals surface area contributed by atoms with Crippen LogP contribution in [0.2, 0.25) is 0 Å². The molecule has 1 N–H and O–H groups in total. The standard InChI is InChI=1S/C13H22N2O2S/c1-8(7-18-4)15-9(2)11(16)14-13(3,12(15)17)10-5-6-10/h8-10H,5-7H2,1-4H3,(H,14,16). The highest BCUT2D eigenvalue weighted by Crippen LogP contribution is 2.42. The number of carbonyl (C=O) groups is 2. The van der Waals surface area contributed by atoms with Gasteiger partial charge >= 0.3 is 0 Å². The molecule has 0 bridgehead atoms. The van der Waals surface area contributed by atoms with Gasteiger partial charge in [0.15, 0.2) is 0 Å². The minimum absolute atomic E-state index is 0.0167. The van der Waals surface area contributed by atoms with Gasteiger partial charge in [-0.3, -0.25) is 9.59 Å². The number of nitrogens with zero attached hydrogens (tertiary/aromatic N) is 1. The van der Waals surface area contributed by atoms with E-state index in [1.54, 1.807) is 16.7 Å². The second-order valence-corrected chi connectivity index (χ2v) is 6.57. The SMILES string of the molecule is CSCC(C)N1C(=O)C(C)(C2CC2)NC(=O)C1C. The molecule has 3 atom stereocenters. The minimum Gasteiger partial charge on any atom is -0.340 e. The van der Waals surface area contributed by atoms with Crippen LogP contribution < -0.4 is 5.32 Å². The molecular formula is C13H22N2O2S. The first kappa shape index (κ1) is 13.7. The van der Waals surface area contributed by atoms with Gasteiger partial charge in [0.05, 0.1) is 0 Å². The molecule has 1 aliphatic carbocycles. The zero-order chi connectivity index (χ0) is 13.5. The number of carbonyl (C=O) groups excluding carboxylic acids is 2. The van der Waals surface area contributed by atoms with Crippen molar-refractivity contribution >= 4 is 23.6 Å². The van der Waals surface area contributed by atoms with Crippen LogP contribution >= 0.6 is 11.8 Å². The molecule has 5 heteroatoms. The number of piperazine rings is 1. The van der Waals surface area contributed by atoms with Crippen molar-refractivity contribution in [2.24, 2.45) is 5.92 Å². The van der Waals surface area contributed by atoms with E-state index in [2.05, 4.69) is 5.32 Å². The van der Waals surface area contributed by atoms with Gasteiger partial charge in [-0.2, -0.15) is 11.8 Å². The Morgan fingerprint density at radius 2 is 2.11 bits per heavy atom. The molecule has 1 saturated carbocycles. The molecular weight excluding hydrogens is 248 g/mol. The summed E-state index contributed by atoms with van der Waals surface area (Å²) < 4.78 is 0. The summed E-state index contributed by atoms with van der Waals surface area (Å²) >= 11 is 1.71. The van der Waals surface area contributed by atoms with Crippen molar-refractivity contribution in [2.75, 3.05) is 12.0 Å². The fourth-order valence-corrected chi connectivity index (χ4v) is 3.47. The average molecular weight is 270 g/mol. The molecule has 2 amide bonds. The van der Waals surface area contributed by atoms with E-state index < -0.39 is 5.54 Å². The Morgan fingerprint density at radius 1 is 1.50 bits per heavy atom. The van der Waals surface area contributed by atoms with Crippen LogP contribution in [0, 0.1) is 5.92 Å². The normalized spacial score (nSPS) is 34.4. The third-order valence-corrected chi connectivity index (χ3v) is 4.95. The highest BCUT2D eigenvalue weighted by Gasteiger charge is 2.55. The van der Waals surface area contributed by atoms with Crippen molar-refractivity contribution < 1.29 is 9.59 Å². The first-order chi connectivity index (χ1) is 8.41. The van der Waals surface area contributed by atoms with E-state index in [1.807, 2.05) is 27.0 Å². The molecule has 0 aromatic rings. The second-order valence-electron chi connectivity index (χ2n) is 5.66. The van der Waals surface area contributed by atoms with Gasteiger partial charge in [-0.05, 0) is 45.8 Å². The zero-order valence-corrected chi connectivity index (χ0v) is 12.3. The Morgan fingerprint density at radius 3 is 2.61 bits per heavy atom. The first-order valence-electron chi connectivity index (χ1n) is 6.55. The maximum absolute atomic E-state index is 12.7. The smallest absolute Gasteiger partial charge is 0.249 e. The maximum atomic E-state index is 12.7. The van der Waals surface area contributed by atoms with Crippen LogP contribution in [0.5, 0.6) is 0 Å². The summed E-state index contributed by atoms with van der Waals surface area (Å²) in [5, 5.41) is 2.94. The third-order valence-electron chi connectivity index (χ3n) is 4.13. The lowest BCUT2D eigenvalue weighted by Crippen LogP contribution is -2.71. The van der Waals surface area contributed by atoms with Gasteiger partial charge in [-0.25, -0.2) is 0 Å². The summed E-state index contributed by atoms with van der Waals surface area (Å²) in [6.45, 7) is 5.73. The van der Waals surface area contributed by atoms with E-state index in [9.17, 15) is 9.59 Å². The fourth-order valence-electron chi connectivity index (χ4n) is 2.82. The maximum Gasteiger partial charge on any atom is 0.249 e. The lowest BCUT2D eigenvalue weighted by atomic mass is 9.89. The lowest BCUT2D eigenvalue weighted by Gasteiger charge is -2.46. The highest BCUT2D eigenvalue weighted by molar-refractivity contribution is 7.98. The Hall–Kier alpha value is -0.710. The van der Waals surface area contributed by atoms with Gasteiger partial charge in [0.2, 0.25) is 11.8 Å². The van der Waals surface area contributed by atoms with E-state index in [0.29, 0.717) is 5.92 Å². The number of rotatable bonds is 4. The summed E-state index contributed by atoms with van der Waals surface area (Å²) in [6, 6.07) is -0.252. The molecule has 0 radical (unpaired) electrons. The number of thioether (sulfide) groups is 1. The van der Waals surface area contributed by atoms with Crippen molar-refractivity contribution in [1.29, 1.82) is 0 Å². The molecule has 0 aromatic carbocycles. The van der Waals surface area contributed by atoms with Crippen molar-refractivity contribution in [3.05, 3.63) is 0 Å². The molecule has 0 spiro atoms. The topological polar surface area (TPSA) is 49.4 Å². The van der Waals surface area contributed by atoms with E-state index >= 15 is 0 Å². The molecule has 18 heavy (non-hydrogen) atoms. The predicted molar refractivity (Wildman–Crippen MR) is 73.4 cm³/mol. The Kier molecular flexibility index (Phi) is 3.63. The first-order valence-corrected chi connectivity index (χ1v) is 7.95. The van der Waals surface area contributed by atoms with Crippen molar-refractivity contribution in [3.63, 3.8) is 0 Å². The number of hydrogen-bond donors (Lipinski definition) is 1. The number of amides is 2. The lowest BCUT2D eigenvalue weighted by molar-refractivity contribution is -0.156. The molecule has 1 saturated heterocycles. The molecule has 2 aliphatic rings. The summed E-state index contributed by atoms with van der Waals surface area (Å²) in [5.41, 5.74) is -0.670. The molecule has 1 heterocycles. The van der Waals surface area contributed by atoms with Crippen LogP contribution in [0.4, 0.5) is 0 Å². The summed E-state index contributed by atoms with van der Waals surface area (Å²) in [6.07, 6.45) is 4.11.